The Morgan fingerprint density at radius 3 is 2.83 bits per heavy atom. The third-order valence-corrected chi connectivity index (χ3v) is 8.12. The van der Waals surface area contributed by atoms with Crippen molar-refractivity contribution in [1.82, 2.24) is 34.8 Å². The quantitative estimate of drug-likeness (QED) is 0.355. The molecule has 1 saturated carbocycles. The van der Waals surface area contributed by atoms with E-state index in [9.17, 15) is 14.7 Å². The number of nitrogens with one attached hydrogen (secondary N) is 1. The highest BCUT2D eigenvalue weighted by atomic mass is 16.5. The summed E-state index contributed by atoms with van der Waals surface area (Å²) >= 11 is 0. The normalized spacial score (nSPS) is 23.0. The lowest BCUT2D eigenvalue weighted by Crippen LogP contribution is -2.54. The van der Waals surface area contributed by atoms with Crippen LogP contribution in [0.2, 0.25) is 0 Å². The zero-order chi connectivity index (χ0) is 28.8. The number of piperazine rings is 1. The van der Waals surface area contributed by atoms with Gasteiger partial charge in [-0.2, -0.15) is 0 Å². The molecule has 41 heavy (non-hydrogen) atoms. The maximum absolute atomic E-state index is 14.2. The molecule has 3 atom stereocenters. The lowest BCUT2D eigenvalue weighted by molar-refractivity contribution is -0.0893. The number of benzene rings is 1. The Morgan fingerprint density at radius 2 is 2.05 bits per heavy atom. The fourth-order valence-electron chi connectivity index (χ4n) is 6.14. The fourth-order valence-corrected chi connectivity index (χ4v) is 6.14. The Kier molecular flexibility index (Phi) is 9.11. The molecule has 3 aromatic rings. The average Bonchev–Trinajstić information content (AvgIpc) is 3.64. The van der Waals surface area contributed by atoms with Crippen molar-refractivity contribution >= 4 is 11.9 Å². The third-order valence-electron chi connectivity index (χ3n) is 8.12. The molecule has 2 aromatic heterocycles. The van der Waals surface area contributed by atoms with Crippen LogP contribution in [0.25, 0.3) is 11.3 Å². The van der Waals surface area contributed by atoms with Gasteiger partial charge in [0.1, 0.15) is 5.60 Å². The molecule has 0 spiro atoms. The van der Waals surface area contributed by atoms with Crippen LogP contribution in [0.15, 0.2) is 42.9 Å². The van der Waals surface area contributed by atoms with Crippen molar-refractivity contribution in [3.8, 4) is 11.3 Å². The number of aryl methyl sites for hydroxylation is 1. The number of ether oxygens (including phenoxy) is 2. The first-order valence-electron chi connectivity index (χ1n) is 14.4. The van der Waals surface area contributed by atoms with Crippen LogP contribution in [0.3, 0.4) is 0 Å². The summed E-state index contributed by atoms with van der Waals surface area (Å²) in [5, 5.41) is 23.0. The monoisotopic (exact) mass is 565 g/mol. The standard InChI is InChI=1S/C29H39N7O5/c1-3-41-28(38)23-18-32-33-36(23)15-12-22-17-30-14-16-34(22)27(37)25-26(21-9-5-4-6-10-21)35(20-31-25)24-11-7-8-13-29(24,39)19-40-2/h4-6,9-10,18,20,22,24,30,39H,3,7-8,11-17,19H2,1-2H3/t22-,24-,29-/m1/s1. The van der Waals surface area contributed by atoms with Gasteiger partial charge in [0, 0.05) is 44.9 Å². The number of imidazole rings is 1. The summed E-state index contributed by atoms with van der Waals surface area (Å²) in [4.78, 5) is 33.1. The summed E-state index contributed by atoms with van der Waals surface area (Å²) in [6, 6.07) is 9.34. The fraction of sp³-hybridized carbons (Fsp3) is 0.552. The second kappa shape index (κ2) is 12.9. The molecule has 0 bridgehead atoms. The van der Waals surface area contributed by atoms with Crippen molar-refractivity contribution in [1.29, 1.82) is 0 Å². The summed E-state index contributed by atoms with van der Waals surface area (Å²) < 4.78 is 14.1. The molecule has 1 aliphatic heterocycles. The number of rotatable bonds is 10. The predicted octanol–water partition coefficient (Wildman–Crippen LogP) is 2.32. The Balaban J connectivity index is 1.44. The molecule has 1 aliphatic carbocycles. The van der Waals surface area contributed by atoms with Crippen molar-refractivity contribution in [2.45, 2.75) is 63.3 Å². The number of aliphatic hydroxyl groups is 1. The number of nitrogens with zero attached hydrogens (tertiary/aromatic N) is 6. The minimum atomic E-state index is -1.05. The van der Waals surface area contributed by atoms with E-state index in [1.807, 2.05) is 39.8 Å². The van der Waals surface area contributed by atoms with Crippen LogP contribution in [0.5, 0.6) is 0 Å². The first-order chi connectivity index (χ1) is 20.0. The molecule has 2 aliphatic rings. The number of methoxy groups -OCH3 is 1. The molecule has 1 aromatic carbocycles. The predicted molar refractivity (Wildman–Crippen MR) is 150 cm³/mol. The highest BCUT2D eigenvalue weighted by molar-refractivity contribution is 5.98. The van der Waals surface area contributed by atoms with Crippen molar-refractivity contribution in [3.05, 3.63) is 54.2 Å². The number of hydrogen-bond donors (Lipinski definition) is 2. The van der Waals surface area contributed by atoms with Gasteiger partial charge >= 0.3 is 5.97 Å². The summed E-state index contributed by atoms with van der Waals surface area (Å²) in [5.74, 6) is -0.634. The number of esters is 1. The van der Waals surface area contributed by atoms with E-state index in [0.29, 0.717) is 50.4 Å². The van der Waals surface area contributed by atoms with Crippen LogP contribution >= 0.6 is 0 Å². The second-order valence-electron chi connectivity index (χ2n) is 10.7. The van der Waals surface area contributed by atoms with Gasteiger partial charge in [0.15, 0.2) is 11.4 Å². The van der Waals surface area contributed by atoms with Crippen LogP contribution in [-0.4, -0.2) is 98.0 Å². The Hall–Kier alpha value is -3.61. The molecule has 3 heterocycles. The van der Waals surface area contributed by atoms with E-state index < -0.39 is 11.6 Å². The zero-order valence-corrected chi connectivity index (χ0v) is 23.7. The zero-order valence-electron chi connectivity index (χ0n) is 23.7. The molecule has 1 amide bonds. The topological polar surface area (TPSA) is 137 Å². The van der Waals surface area contributed by atoms with Gasteiger partial charge in [-0.3, -0.25) is 4.79 Å². The number of aromatic nitrogens is 5. The lowest BCUT2D eigenvalue weighted by Gasteiger charge is -2.41. The number of carbonyl (C=O) groups excluding carboxylic acids is 2. The maximum Gasteiger partial charge on any atom is 0.358 e. The van der Waals surface area contributed by atoms with Crippen molar-refractivity contribution in [2.24, 2.45) is 0 Å². The highest BCUT2D eigenvalue weighted by Crippen LogP contribution is 2.41. The van der Waals surface area contributed by atoms with Gasteiger partial charge in [-0.15, -0.1) is 5.10 Å². The Morgan fingerprint density at radius 1 is 1.22 bits per heavy atom. The Bertz CT molecular complexity index is 1320. The minimum absolute atomic E-state index is 0.149. The molecular weight excluding hydrogens is 526 g/mol. The SMILES string of the molecule is CCOC(=O)c1cnnn1CC[C@@H]1CNCCN1C(=O)c1ncn([C@@H]2CCCC[C@@]2(O)COC)c1-c1ccccc1. The summed E-state index contributed by atoms with van der Waals surface area (Å²) in [6.07, 6.45) is 6.94. The number of hydrogen-bond acceptors (Lipinski definition) is 9. The smallest absolute Gasteiger partial charge is 0.358 e. The first-order valence-corrected chi connectivity index (χ1v) is 14.4. The van der Waals surface area contributed by atoms with E-state index in [4.69, 9.17) is 9.47 Å². The van der Waals surface area contributed by atoms with Crippen LogP contribution in [0.1, 0.15) is 66.0 Å². The molecule has 220 valence electrons. The number of carbonyl (C=O) groups is 2. The maximum atomic E-state index is 14.2. The molecule has 1 saturated heterocycles. The molecule has 12 nitrogen and oxygen atoms in total. The van der Waals surface area contributed by atoms with E-state index in [2.05, 4.69) is 20.6 Å². The van der Waals surface area contributed by atoms with Gasteiger partial charge in [0.05, 0.1) is 37.5 Å². The third kappa shape index (κ3) is 6.04. The van der Waals surface area contributed by atoms with E-state index in [0.717, 1.165) is 24.8 Å². The van der Waals surface area contributed by atoms with E-state index in [1.54, 1.807) is 20.4 Å². The molecule has 12 heteroatoms. The molecule has 2 N–H and O–H groups in total. The van der Waals surface area contributed by atoms with Crippen LogP contribution in [-0.2, 0) is 16.0 Å². The summed E-state index contributed by atoms with van der Waals surface area (Å²) in [6.45, 7) is 4.41. The lowest BCUT2D eigenvalue weighted by atomic mass is 9.80. The van der Waals surface area contributed by atoms with E-state index >= 15 is 0 Å². The molecular formula is C29H39N7O5. The molecule has 0 radical (unpaired) electrons. The largest absolute Gasteiger partial charge is 0.461 e. The molecule has 0 unspecified atom stereocenters. The van der Waals surface area contributed by atoms with Crippen LogP contribution in [0, 0.1) is 0 Å². The van der Waals surface area contributed by atoms with E-state index in [1.165, 1.54) is 10.9 Å². The van der Waals surface area contributed by atoms with Gasteiger partial charge < -0.3 is 29.4 Å². The van der Waals surface area contributed by atoms with Gasteiger partial charge in [0.2, 0.25) is 0 Å². The summed E-state index contributed by atoms with van der Waals surface area (Å²) in [7, 11) is 1.60. The van der Waals surface area contributed by atoms with Crippen LogP contribution in [0.4, 0.5) is 0 Å². The van der Waals surface area contributed by atoms with Crippen LogP contribution < -0.4 is 5.32 Å². The Labute approximate surface area is 239 Å². The van der Waals surface area contributed by atoms with Crippen molar-refractivity contribution < 1.29 is 24.2 Å². The van der Waals surface area contributed by atoms with Crippen molar-refractivity contribution in [3.63, 3.8) is 0 Å². The summed E-state index contributed by atoms with van der Waals surface area (Å²) in [5.41, 5.74) is 1.17. The first kappa shape index (κ1) is 28.9. The second-order valence-corrected chi connectivity index (χ2v) is 10.7. The average molecular weight is 566 g/mol. The molecule has 5 rings (SSSR count). The van der Waals surface area contributed by atoms with E-state index in [-0.39, 0.29) is 36.9 Å². The van der Waals surface area contributed by atoms with Gasteiger partial charge in [-0.05, 0) is 26.2 Å². The van der Waals surface area contributed by atoms with Gasteiger partial charge in [0.25, 0.3) is 5.91 Å². The molecule has 2 fully saturated rings. The van der Waals surface area contributed by atoms with Crippen molar-refractivity contribution in [2.75, 3.05) is 40.0 Å². The van der Waals surface area contributed by atoms with Gasteiger partial charge in [-0.25, -0.2) is 14.5 Å². The van der Waals surface area contributed by atoms with Gasteiger partial charge in [-0.1, -0.05) is 48.4 Å². The number of amides is 1. The minimum Gasteiger partial charge on any atom is -0.461 e. The highest BCUT2D eigenvalue weighted by Gasteiger charge is 2.42.